The predicted octanol–water partition coefficient (Wildman–Crippen LogP) is 2.39. The molecule has 0 rings (SSSR count). The van der Waals surface area contributed by atoms with E-state index in [0.29, 0.717) is 6.42 Å². The van der Waals surface area contributed by atoms with Crippen LogP contribution >= 0.6 is 0 Å². The molecule has 0 aromatic carbocycles. The summed E-state index contributed by atoms with van der Waals surface area (Å²) in [6, 6.07) is 0.156. The summed E-state index contributed by atoms with van der Waals surface area (Å²) in [5.41, 5.74) is 5.61. The number of carbonyl (C=O) groups excluding carboxylic acids is 1. The molecular formula is C16H32N2O3. The molecule has 0 aromatic heterocycles. The maximum absolute atomic E-state index is 12.0. The van der Waals surface area contributed by atoms with E-state index in [9.17, 15) is 14.7 Å². The quantitative estimate of drug-likeness (QED) is 0.609. The molecule has 0 aliphatic carbocycles. The number of hydrogen-bond acceptors (Lipinski definition) is 3. The van der Waals surface area contributed by atoms with Crippen LogP contribution in [-0.2, 0) is 9.59 Å². The average Bonchev–Trinajstić information content (AvgIpc) is 2.31. The van der Waals surface area contributed by atoms with E-state index < -0.39 is 11.9 Å². The summed E-state index contributed by atoms with van der Waals surface area (Å²) in [5, 5.41) is 12.0. The zero-order valence-electron chi connectivity index (χ0n) is 14.1. The molecule has 0 fully saturated rings. The SMILES string of the molecule is CC(N)CCCC(C)C(=O)NCC(CC(C)(C)C)C(=O)O. The predicted molar refractivity (Wildman–Crippen MR) is 84.9 cm³/mol. The molecule has 0 aliphatic rings. The molecule has 0 aliphatic heterocycles. The lowest BCUT2D eigenvalue weighted by atomic mass is 9.84. The second-order valence-electron chi connectivity index (χ2n) is 7.35. The van der Waals surface area contributed by atoms with E-state index >= 15 is 0 Å². The highest BCUT2D eigenvalue weighted by Crippen LogP contribution is 2.24. The smallest absolute Gasteiger partial charge is 0.308 e. The van der Waals surface area contributed by atoms with Gasteiger partial charge in [0.05, 0.1) is 5.92 Å². The van der Waals surface area contributed by atoms with E-state index in [1.165, 1.54) is 0 Å². The Kier molecular flexibility index (Phi) is 8.55. The minimum Gasteiger partial charge on any atom is -0.481 e. The Balaban J connectivity index is 4.21. The van der Waals surface area contributed by atoms with Crippen LogP contribution in [0.2, 0.25) is 0 Å². The van der Waals surface area contributed by atoms with Gasteiger partial charge in [0.1, 0.15) is 0 Å². The maximum Gasteiger partial charge on any atom is 0.308 e. The minimum atomic E-state index is -0.852. The molecule has 21 heavy (non-hydrogen) atoms. The Labute approximate surface area is 128 Å². The van der Waals surface area contributed by atoms with Crippen molar-refractivity contribution in [3.05, 3.63) is 0 Å². The standard InChI is InChI=1S/C16H32N2O3/c1-11(7-6-8-12(2)17)14(19)18-10-13(15(20)21)9-16(3,4)5/h11-13H,6-10,17H2,1-5H3,(H,18,19)(H,20,21). The van der Waals surface area contributed by atoms with Gasteiger partial charge in [-0.15, -0.1) is 0 Å². The first-order chi connectivity index (χ1) is 9.53. The molecule has 1 amide bonds. The summed E-state index contributed by atoms with van der Waals surface area (Å²) in [5.74, 6) is -1.56. The molecule has 0 radical (unpaired) electrons. The Bertz CT molecular complexity index is 335. The first-order valence-corrected chi connectivity index (χ1v) is 7.79. The van der Waals surface area contributed by atoms with Gasteiger partial charge in [0.2, 0.25) is 5.91 Å². The molecule has 3 unspecified atom stereocenters. The van der Waals surface area contributed by atoms with Gasteiger partial charge in [-0.2, -0.15) is 0 Å². The summed E-state index contributed by atoms with van der Waals surface area (Å²) >= 11 is 0. The number of carboxylic acids is 1. The van der Waals surface area contributed by atoms with Crippen molar-refractivity contribution in [2.24, 2.45) is 23.0 Å². The van der Waals surface area contributed by atoms with Crippen LogP contribution in [0.4, 0.5) is 0 Å². The van der Waals surface area contributed by atoms with Crippen molar-refractivity contribution in [3.8, 4) is 0 Å². The highest BCUT2D eigenvalue weighted by Gasteiger charge is 2.25. The van der Waals surface area contributed by atoms with Gasteiger partial charge in [-0.05, 0) is 31.6 Å². The summed E-state index contributed by atoms with van der Waals surface area (Å²) in [6.45, 7) is 10.0. The van der Waals surface area contributed by atoms with Crippen LogP contribution in [0.15, 0.2) is 0 Å². The maximum atomic E-state index is 12.0. The monoisotopic (exact) mass is 300 g/mol. The van der Waals surface area contributed by atoms with Crippen molar-refractivity contribution in [2.45, 2.75) is 66.3 Å². The van der Waals surface area contributed by atoms with E-state index in [-0.39, 0.29) is 29.8 Å². The lowest BCUT2D eigenvalue weighted by Gasteiger charge is -2.24. The second-order valence-corrected chi connectivity index (χ2v) is 7.35. The molecule has 5 heteroatoms. The normalized spacial score (nSPS) is 16.1. The molecule has 0 aromatic rings. The molecule has 4 N–H and O–H groups in total. The lowest BCUT2D eigenvalue weighted by molar-refractivity contribution is -0.142. The van der Waals surface area contributed by atoms with E-state index in [1.54, 1.807) is 0 Å². The van der Waals surface area contributed by atoms with Gasteiger partial charge in [0, 0.05) is 18.5 Å². The van der Waals surface area contributed by atoms with Gasteiger partial charge in [-0.1, -0.05) is 34.1 Å². The molecule has 0 spiro atoms. The number of carboxylic acid groups (broad SMARTS) is 1. The topological polar surface area (TPSA) is 92.4 Å². The molecule has 0 saturated heterocycles. The lowest BCUT2D eigenvalue weighted by Crippen LogP contribution is -2.37. The van der Waals surface area contributed by atoms with E-state index in [1.807, 2.05) is 34.6 Å². The molecule has 5 nitrogen and oxygen atoms in total. The summed E-state index contributed by atoms with van der Waals surface area (Å²) < 4.78 is 0. The summed E-state index contributed by atoms with van der Waals surface area (Å²) in [4.78, 5) is 23.2. The van der Waals surface area contributed by atoms with Gasteiger partial charge in [0.25, 0.3) is 0 Å². The molecule has 124 valence electrons. The second kappa shape index (κ2) is 9.03. The fourth-order valence-electron chi connectivity index (χ4n) is 2.26. The number of amides is 1. The Morgan fingerprint density at radius 2 is 1.76 bits per heavy atom. The third-order valence-corrected chi connectivity index (χ3v) is 3.47. The first-order valence-electron chi connectivity index (χ1n) is 7.79. The molecule has 0 saturated carbocycles. The molecule has 0 bridgehead atoms. The van der Waals surface area contributed by atoms with Crippen molar-refractivity contribution in [2.75, 3.05) is 6.54 Å². The average molecular weight is 300 g/mol. The van der Waals surface area contributed by atoms with Crippen molar-refractivity contribution in [3.63, 3.8) is 0 Å². The third kappa shape index (κ3) is 10.3. The summed E-state index contributed by atoms with van der Waals surface area (Å²) in [6.07, 6.45) is 3.14. The van der Waals surface area contributed by atoms with Gasteiger partial charge >= 0.3 is 5.97 Å². The highest BCUT2D eigenvalue weighted by atomic mass is 16.4. The van der Waals surface area contributed by atoms with Crippen LogP contribution < -0.4 is 11.1 Å². The van der Waals surface area contributed by atoms with Crippen LogP contribution in [0.1, 0.15) is 60.3 Å². The summed E-state index contributed by atoms with van der Waals surface area (Å²) in [7, 11) is 0. The molecule has 0 heterocycles. The third-order valence-electron chi connectivity index (χ3n) is 3.47. The zero-order chi connectivity index (χ0) is 16.6. The van der Waals surface area contributed by atoms with Crippen LogP contribution in [0.3, 0.4) is 0 Å². The van der Waals surface area contributed by atoms with E-state index in [0.717, 1.165) is 19.3 Å². The van der Waals surface area contributed by atoms with Gasteiger partial charge in [-0.25, -0.2) is 0 Å². The van der Waals surface area contributed by atoms with Crippen LogP contribution in [0.5, 0.6) is 0 Å². The van der Waals surface area contributed by atoms with E-state index in [2.05, 4.69) is 5.32 Å². The van der Waals surface area contributed by atoms with Crippen molar-refractivity contribution >= 4 is 11.9 Å². The minimum absolute atomic E-state index is 0.0696. The van der Waals surface area contributed by atoms with Crippen LogP contribution in [-0.4, -0.2) is 29.6 Å². The van der Waals surface area contributed by atoms with E-state index in [4.69, 9.17) is 5.73 Å². The fraction of sp³-hybridized carbons (Fsp3) is 0.875. The number of aliphatic carboxylic acids is 1. The molecular weight excluding hydrogens is 268 g/mol. The Morgan fingerprint density at radius 3 is 2.19 bits per heavy atom. The van der Waals surface area contributed by atoms with Gasteiger partial charge in [-0.3, -0.25) is 9.59 Å². The Morgan fingerprint density at radius 1 is 1.19 bits per heavy atom. The number of nitrogens with one attached hydrogen (secondary N) is 1. The number of hydrogen-bond donors (Lipinski definition) is 3. The van der Waals surface area contributed by atoms with Gasteiger partial charge < -0.3 is 16.2 Å². The fourth-order valence-corrected chi connectivity index (χ4v) is 2.26. The van der Waals surface area contributed by atoms with Crippen LogP contribution in [0, 0.1) is 17.3 Å². The van der Waals surface area contributed by atoms with Crippen molar-refractivity contribution < 1.29 is 14.7 Å². The zero-order valence-corrected chi connectivity index (χ0v) is 14.1. The molecule has 3 atom stereocenters. The number of rotatable bonds is 9. The van der Waals surface area contributed by atoms with Crippen LogP contribution in [0.25, 0.3) is 0 Å². The van der Waals surface area contributed by atoms with Crippen molar-refractivity contribution in [1.29, 1.82) is 0 Å². The van der Waals surface area contributed by atoms with Crippen molar-refractivity contribution in [1.82, 2.24) is 5.32 Å². The van der Waals surface area contributed by atoms with Gasteiger partial charge in [0.15, 0.2) is 0 Å². The first kappa shape index (κ1) is 19.9. The Hall–Kier alpha value is -1.10. The number of nitrogens with two attached hydrogens (primary N) is 1. The largest absolute Gasteiger partial charge is 0.481 e. The highest BCUT2D eigenvalue weighted by molar-refractivity contribution is 5.79. The number of carbonyl (C=O) groups is 2.